The van der Waals surface area contributed by atoms with E-state index in [1.807, 2.05) is 13.8 Å². The molecule has 0 aromatic rings. The van der Waals surface area contributed by atoms with Crippen LogP contribution in [-0.4, -0.2) is 49.2 Å². The molecule has 1 rings (SSSR count). The quantitative estimate of drug-likeness (QED) is 0.746. The van der Waals surface area contributed by atoms with E-state index in [1.165, 1.54) is 0 Å². The van der Waals surface area contributed by atoms with Crippen molar-refractivity contribution in [1.29, 1.82) is 0 Å². The molecule has 0 aliphatic carbocycles. The summed E-state index contributed by atoms with van der Waals surface area (Å²) in [6, 6.07) is 0. The second-order valence-corrected chi connectivity index (χ2v) is 16.8. The summed E-state index contributed by atoms with van der Waals surface area (Å²) < 4.78 is 10.8. The molecule has 1 N–H and O–H groups in total. The Labute approximate surface area is 117 Å². The highest BCUT2D eigenvalue weighted by Gasteiger charge is 2.45. The number of hydrogen-bond acceptors (Lipinski definition) is 6. The molecule has 0 spiro atoms. The van der Waals surface area contributed by atoms with Crippen LogP contribution in [0.5, 0.6) is 0 Å². The van der Waals surface area contributed by atoms with Crippen LogP contribution in [0.2, 0.25) is 0 Å². The average Bonchev–Trinajstić information content (AvgIpc) is 2.55. The molecule has 1 aliphatic heterocycles. The largest absolute Gasteiger partial charge is 0.375 e. The highest BCUT2D eigenvalue weighted by Crippen LogP contribution is 2.73. The van der Waals surface area contributed by atoms with Crippen molar-refractivity contribution in [2.75, 3.05) is 24.0 Å². The Kier molecular flexibility index (Phi) is 6.50. The second kappa shape index (κ2) is 6.91. The van der Waals surface area contributed by atoms with Crippen LogP contribution in [0.25, 0.3) is 0 Å². The molecule has 17 heavy (non-hydrogen) atoms. The van der Waals surface area contributed by atoms with Crippen molar-refractivity contribution in [2.45, 2.75) is 19.5 Å². The number of amides is 1. The number of carbonyl (C=O) groups excluding carboxylic acids is 1. The van der Waals surface area contributed by atoms with Gasteiger partial charge >= 0.3 is 0 Å². The summed E-state index contributed by atoms with van der Waals surface area (Å²) in [6.45, 7) is 3.55. The molecule has 4 nitrogen and oxygen atoms in total. The summed E-state index contributed by atoms with van der Waals surface area (Å²) in [5.41, 5.74) is -0.347. The van der Waals surface area contributed by atoms with E-state index in [0.717, 1.165) is 15.8 Å². The van der Waals surface area contributed by atoms with E-state index in [1.54, 1.807) is 22.8 Å². The van der Waals surface area contributed by atoms with Gasteiger partial charge in [0.15, 0.2) is 0 Å². The fourth-order valence-corrected chi connectivity index (χ4v) is 15.7. The molecule has 1 fully saturated rings. The maximum atomic E-state index is 12.1. The Morgan fingerprint density at radius 2 is 2.06 bits per heavy atom. The lowest BCUT2D eigenvalue weighted by Gasteiger charge is -2.24. The van der Waals surface area contributed by atoms with Gasteiger partial charge in [0.25, 0.3) is 0 Å². The number of carbonyl (C=O) groups is 1. The summed E-state index contributed by atoms with van der Waals surface area (Å²) in [7, 11) is -1.41. The SMILES string of the molecule is CCSP(=S)(SCC)C1CS(=O)N(CO)C1=O. The molecular weight excluding hydrogens is 317 g/mol. The van der Waals surface area contributed by atoms with Crippen LogP contribution < -0.4 is 0 Å². The molecule has 2 unspecified atom stereocenters. The molecule has 1 heterocycles. The van der Waals surface area contributed by atoms with Crippen LogP contribution in [0, 0.1) is 0 Å². The van der Waals surface area contributed by atoms with Gasteiger partial charge in [-0.1, -0.05) is 25.7 Å². The fourth-order valence-electron chi connectivity index (χ4n) is 1.50. The normalized spacial score (nSPS) is 25.6. The summed E-state index contributed by atoms with van der Waals surface area (Å²) in [5, 5.41) is 9.03. The van der Waals surface area contributed by atoms with Crippen molar-refractivity contribution in [3.8, 4) is 0 Å². The minimum absolute atomic E-state index is 0.240. The molecule has 1 aliphatic rings. The van der Waals surface area contributed by atoms with Crippen LogP contribution in [0.4, 0.5) is 0 Å². The zero-order valence-electron chi connectivity index (χ0n) is 9.70. The highest BCUT2D eigenvalue weighted by molar-refractivity contribution is 9.00. The monoisotopic (exact) mass is 333 g/mol. The standard InChI is InChI=1S/C8H16NO3PS4/c1-3-15-13(14,16-4-2)7-5-17(12)9(6-10)8(7)11/h7,10H,3-6H2,1-2H3. The lowest BCUT2D eigenvalue weighted by atomic mass is 10.4. The predicted octanol–water partition coefficient (Wildman–Crippen LogP) is 1.63. The average molecular weight is 333 g/mol. The number of aliphatic hydroxyl groups excluding tert-OH is 1. The van der Waals surface area contributed by atoms with Gasteiger partial charge in [-0.3, -0.25) is 4.79 Å². The minimum Gasteiger partial charge on any atom is -0.375 e. The van der Waals surface area contributed by atoms with E-state index in [-0.39, 0.29) is 17.3 Å². The van der Waals surface area contributed by atoms with E-state index in [9.17, 15) is 9.00 Å². The third-order valence-electron chi connectivity index (χ3n) is 2.21. The Balaban J connectivity index is 2.94. The number of nitrogens with zero attached hydrogens (tertiary/aromatic N) is 1. The first kappa shape index (κ1) is 16.0. The third kappa shape index (κ3) is 3.48. The van der Waals surface area contributed by atoms with Crippen LogP contribution in [-0.2, 0) is 27.6 Å². The number of hydrogen-bond donors (Lipinski definition) is 1. The summed E-state index contributed by atoms with van der Waals surface area (Å²) >= 11 is 8.95. The van der Waals surface area contributed by atoms with Crippen LogP contribution in [0.15, 0.2) is 0 Å². The first-order chi connectivity index (χ1) is 8.00. The lowest BCUT2D eigenvalue weighted by Crippen LogP contribution is -2.30. The van der Waals surface area contributed by atoms with Gasteiger partial charge in [-0.25, -0.2) is 8.51 Å². The molecule has 9 heteroatoms. The van der Waals surface area contributed by atoms with Gasteiger partial charge in [0.2, 0.25) is 5.91 Å². The van der Waals surface area contributed by atoms with Gasteiger partial charge in [0.05, 0.1) is 15.9 Å². The Hall–Kier alpha value is 0.930. The molecule has 0 bridgehead atoms. The maximum absolute atomic E-state index is 12.1. The van der Waals surface area contributed by atoms with Crippen molar-refractivity contribution in [1.82, 2.24) is 4.31 Å². The van der Waals surface area contributed by atoms with Crippen LogP contribution >= 0.6 is 27.2 Å². The van der Waals surface area contributed by atoms with Gasteiger partial charge in [0.1, 0.15) is 17.7 Å². The number of aliphatic hydroxyl groups is 1. The second-order valence-electron chi connectivity index (χ2n) is 3.24. The van der Waals surface area contributed by atoms with Crippen LogP contribution in [0.1, 0.15) is 13.8 Å². The van der Waals surface area contributed by atoms with Crippen molar-refractivity contribution in [3.63, 3.8) is 0 Å². The zero-order valence-corrected chi connectivity index (χ0v) is 13.9. The Bertz CT molecular complexity index is 355. The van der Waals surface area contributed by atoms with E-state index >= 15 is 0 Å². The Morgan fingerprint density at radius 3 is 2.41 bits per heavy atom. The van der Waals surface area contributed by atoms with E-state index < -0.39 is 22.2 Å². The zero-order chi connectivity index (χ0) is 13.1. The van der Waals surface area contributed by atoms with E-state index in [0.29, 0.717) is 0 Å². The minimum atomic E-state index is -1.94. The van der Waals surface area contributed by atoms with E-state index in [4.69, 9.17) is 16.9 Å². The molecular formula is C8H16NO3PS4. The number of rotatable bonds is 6. The summed E-state index contributed by atoms with van der Waals surface area (Å²) in [6.07, 6.45) is 0. The van der Waals surface area contributed by atoms with Crippen LogP contribution in [0.3, 0.4) is 0 Å². The fraction of sp³-hybridized carbons (Fsp3) is 0.875. The molecule has 1 amide bonds. The highest BCUT2D eigenvalue weighted by atomic mass is 33.2. The predicted molar refractivity (Wildman–Crippen MR) is 81.3 cm³/mol. The molecule has 0 saturated carbocycles. The van der Waals surface area contributed by atoms with Crippen molar-refractivity contribution in [2.24, 2.45) is 0 Å². The van der Waals surface area contributed by atoms with Crippen molar-refractivity contribution in [3.05, 3.63) is 0 Å². The summed E-state index contributed by atoms with van der Waals surface area (Å²) in [5.74, 6) is 1.76. The van der Waals surface area contributed by atoms with Gasteiger partial charge in [-0.2, -0.15) is 0 Å². The summed E-state index contributed by atoms with van der Waals surface area (Å²) in [4.78, 5) is 12.1. The molecule has 0 radical (unpaired) electrons. The smallest absolute Gasteiger partial charge is 0.247 e. The Morgan fingerprint density at radius 1 is 1.53 bits per heavy atom. The van der Waals surface area contributed by atoms with E-state index in [2.05, 4.69) is 0 Å². The topological polar surface area (TPSA) is 57.6 Å². The molecule has 100 valence electrons. The van der Waals surface area contributed by atoms with Gasteiger partial charge in [0, 0.05) is 0 Å². The third-order valence-corrected chi connectivity index (χ3v) is 16.1. The molecule has 1 saturated heterocycles. The molecule has 0 aromatic heterocycles. The van der Waals surface area contributed by atoms with Crippen molar-refractivity contribution < 1.29 is 14.1 Å². The van der Waals surface area contributed by atoms with Gasteiger partial charge in [-0.05, 0) is 11.5 Å². The van der Waals surface area contributed by atoms with Gasteiger partial charge in [-0.15, -0.1) is 22.8 Å². The first-order valence-corrected chi connectivity index (χ1v) is 12.5. The van der Waals surface area contributed by atoms with Crippen molar-refractivity contribution >= 4 is 55.9 Å². The molecule has 0 aromatic carbocycles. The lowest BCUT2D eigenvalue weighted by molar-refractivity contribution is -0.126. The van der Waals surface area contributed by atoms with Gasteiger partial charge < -0.3 is 5.11 Å². The maximum Gasteiger partial charge on any atom is 0.247 e. The molecule has 2 atom stereocenters. The first-order valence-electron chi connectivity index (χ1n) is 5.19.